The number of rotatable bonds is 3. The number of benzene rings is 1. The Labute approximate surface area is 118 Å². The molecule has 0 heterocycles. The molecule has 4 bridgehead atoms. The van der Waals surface area contributed by atoms with Crippen LogP contribution in [0.25, 0.3) is 0 Å². The molecule has 4 heteroatoms. The van der Waals surface area contributed by atoms with Crippen LogP contribution < -0.4 is 11.2 Å². The fraction of sp³-hybridized carbons (Fsp3) is 0.467. The fourth-order valence-corrected chi connectivity index (χ4v) is 4.58. The minimum atomic E-state index is 0.242. The lowest BCUT2D eigenvalue weighted by atomic mass is 9.89. The van der Waals surface area contributed by atoms with Crippen LogP contribution in [0.1, 0.15) is 18.4 Å². The van der Waals surface area contributed by atoms with Crippen LogP contribution in [0.15, 0.2) is 35.4 Å². The molecular weight excluding hydrogens is 254 g/mol. The largest absolute Gasteiger partial charge is 0.375 e. The van der Waals surface area contributed by atoms with Gasteiger partial charge in [0.15, 0.2) is 5.11 Å². The van der Waals surface area contributed by atoms with Crippen molar-refractivity contribution in [3.05, 3.63) is 35.9 Å². The van der Waals surface area contributed by atoms with Crippen molar-refractivity contribution in [3.63, 3.8) is 0 Å². The van der Waals surface area contributed by atoms with Crippen LogP contribution in [0.3, 0.4) is 0 Å². The third-order valence-electron chi connectivity index (χ3n) is 5.14. The van der Waals surface area contributed by atoms with Gasteiger partial charge in [-0.3, -0.25) is 5.43 Å². The number of nitrogens with two attached hydrogens (primary N) is 1. The van der Waals surface area contributed by atoms with Gasteiger partial charge in [0.2, 0.25) is 0 Å². The third kappa shape index (κ3) is 1.70. The maximum absolute atomic E-state index is 5.52. The molecular formula is C15H17N3S. The highest BCUT2D eigenvalue weighted by atomic mass is 32.1. The van der Waals surface area contributed by atoms with Gasteiger partial charge in [-0.05, 0) is 54.3 Å². The molecule has 3 N–H and O–H groups in total. The second-order valence-electron chi connectivity index (χ2n) is 6.00. The zero-order chi connectivity index (χ0) is 13.0. The first-order valence-corrected chi connectivity index (χ1v) is 7.35. The van der Waals surface area contributed by atoms with Crippen LogP contribution in [0.2, 0.25) is 0 Å². The SMILES string of the molecule is NC(=S)NN=C(c1ccccc1)C1C2CC3C(C2)C31. The lowest BCUT2D eigenvalue weighted by molar-refractivity contribution is 0.523. The molecule has 19 heavy (non-hydrogen) atoms. The number of nitrogens with zero attached hydrogens (tertiary/aromatic N) is 1. The smallest absolute Gasteiger partial charge is 0.184 e. The van der Waals surface area contributed by atoms with Gasteiger partial charge in [-0.25, -0.2) is 0 Å². The van der Waals surface area contributed by atoms with Gasteiger partial charge in [-0.15, -0.1) is 0 Å². The summed E-state index contributed by atoms with van der Waals surface area (Å²) in [6, 6.07) is 10.4. The molecule has 0 spiro atoms. The molecule has 0 aromatic heterocycles. The molecule has 1 aromatic rings. The van der Waals surface area contributed by atoms with Crippen molar-refractivity contribution in [2.75, 3.05) is 0 Å². The standard InChI is InChI=1S/C15H17N3S/c16-15(19)18-17-14(8-4-2-1-3-5-8)12-9-6-10-11(7-9)13(10)12/h1-5,9-13H,6-7H2,(H3,16,18,19). The molecule has 1 aromatic carbocycles. The first kappa shape index (κ1) is 11.4. The second kappa shape index (κ2) is 4.04. The highest BCUT2D eigenvalue weighted by Gasteiger charge is 2.69. The van der Waals surface area contributed by atoms with Crippen molar-refractivity contribution in [2.24, 2.45) is 40.4 Å². The average molecular weight is 271 g/mol. The molecule has 4 aliphatic carbocycles. The number of hydrogen-bond donors (Lipinski definition) is 2. The molecule has 4 fully saturated rings. The molecule has 0 radical (unpaired) electrons. The van der Waals surface area contributed by atoms with E-state index in [0.29, 0.717) is 5.92 Å². The Morgan fingerprint density at radius 2 is 1.89 bits per heavy atom. The van der Waals surface area contributed by atoms with Crippen molar-refractivity contribution in [2.45, 2.75) is 12.8 Å². The Morgan fingerprint density at radius 3 is 2.42 bits per heavy atom. The molecule has 0 saturated heterocycles. The summed E-state index contributed by atoms with van der Waals surface area (Å²) in [6.45, 7) is 0. The van der Waals surface area contributed by atoms with E-state index in [9.17, 15) is 0 Å². The van der Waals surface area contributed by atoms with Gasteiger partial charge < -0.3 is 5.73 Å². The summed E-state index contributed by atoms with van der Waals surface area (Å²) in [5.74, 6) is 4.27. The van der Waals surface area contributed by atoms with E-state index in [1.54, 1.807) is 0 Å². The number of hydrazone groups is 1. The van der Waals surface area contributed by atoms with Gasteiger partial charge in [0.25, 0.3) is 0 Å². The molecule has 4 saturated carbocycles. The summed E-state index contributed by atoms with van der Waals surface area (Å²) >= 11 is 4.88. The van der Waals surface area contributed by atoms with Crippen LogP contribution in [0.5, 0.6) is 0 Å². The molecule has 3 nitrogen and oxygen atoms in total. The molecule has 3 atom stereocenters. The van der Waals surface area contributed by atoms with Gasteiger partial charge in [0, 0.05) is 5.92 Å². The first-order chi connectivity index (χ1) is 9.25. The van der Waals surface area contributed by atoms with Crippen molar-refractivity contribution in [3.8, 4) is 0 Å². The molecule has 0 amide bonds. The van der Waals surface area contributed by atoms with E-state index in [1.807, 2.05) is 6.07 Å². The van der Waals surface area contributed by atoms with Crippen LogP contribution in [-0.2, 0) is 0 Å². The van der Waals surface area contributed by atoms with Gasteiger partial charge in [-0.1, -0.05) is 30.3 Å². The highest BCUT2D eigenvalue weighted by Crippen LogP contribution is 2.73. The van der Waals surface area contributed by atoms with Crippen LogP contribution >= 0.6 is 12.2 Å². The van der Waals surface area contributed by atoms with E-state index < -0.39 is 0 Å². The summed E-state index contributed by atoms with van der Waals surface area (Å²) in [7, 11) is 0. The van der Waals surface area contributed by atoms with Gasteiger partial charge in [-0.2, -0.15) is 5.10 Å². The molecule has 3 unspecified atom stereocenters. The second-order valence-corrected chi connectivity index (χ2v) is 6.44. The summed E-state index contributed by atoms with van der Waals surface area (Å²) < 4.78 is 0. The van der Waals surface area contributed by atoms with E-state index in [2.05, 4.69) is 34.8 Å². The predicted molar refractivity (Wildman–Crippen MR) is 79.6 cm³/mol. The van der Waals surface area contributed by atoms with Crippen LogP contribution in [-0.4, -0.2) is 10.8 Å². The van der Waals surface area contributed by atoms with Crippen molar-refractivity contribution in [1.82, 2.24) is 5.43 Å². The third-order valence-corrected chi connectivity index (χ3v) is 5.23. The zero-order valence-electron chi connectivity index (χ0n) is 10.6. The van der Waals surface area contributed by atoms with Crippen LogP contribution in [0, 0.1) is 29.6 Å². The van der Waals surface area contributed by atoms with Gasteiger partial charge in [0.05, 0.1) is 5.71 Å². The summed E-state index contributed by atoms with van der Waals surface area (Å²) in [5, 5.41) is 4.77. The number of hydrogen-bond acceptors (Lipinski definition) is 2. The van der Waals surface area contributed by atoms with E-state index in [1.165, 1.54) is 18.4 Å². The molecule has 5 rings (SSSR count). The zero-order valence-corrected chi connectivity index (χ0v) is 11.4. The quantitative estimate of drug-likeness (QED) is 0.503. The fourth-order valence-electron chi connectivity index (χ4n) is 4.54. The Hall–Kier alpha value is -1.42. The summed E-state index contributed by atoms with van der Waals surface area (Å²) in [6.07, 6.45) is 2.80. The molecule has 0 aliphatic heterocycles. The Bertz CT molecular complexity index is 540. The van der Waals surface area contributed by atoms with E-state index in [0.717, 1.165) is 29.4 Å². The lowest BCUT2D eigenvalue weighted by Gasteiger charge is -2.18. The number of thiocarbonyl (C=S) groups is 1. The minimum absolute atomic E-state index is 0.242. The molecule has 4 aliphatic rings. The highest BCUT2D eigenvalue weighted by molar-refractivity contribution is 7.80. The van der Waals surface area contributed by atoms with E-state index in [-0.39, 0.29) is 5.11 Å². The molecule has 98 valence electrons. The maximum atomic E-state index is 5.52. The average Bonchev–Trinajstić information content (AvgIpc) is 2.80. The van der Waals surface area contributed by atoms with E-state index >= 15 is 0 Å². The van der Waals surface area contributed by atoms with Gasteiger partial charge >= 0.3 is 0 Å². The van der Waals surface area contributed by atoms with Gasteiger partial charge in [0.1, 0.15) is 0 Å². The monoisotopic (exact) mass is 271 g/mol. The van der Waals surface area contributed by atoms with E-state index in [4.69, 9.17) is 18.0 Å². The first-order valence-electron chi connectivity index (χ1n) is 6.94. The maximum Gasteiger partial charge on any atom is 0.184 e. The topological polar surface area (TPSA) is 50.4 Å². The Kier molecular flexibility index (Phi) is 2.42. The number of nitrogens with one attached hydrogen (secondary N) is 1. The van der Waals surface area contributed by atoms with Crippen molar-refractivity contribution >= 4 is 23.0 Å². The van der Waals surface area contributed by atoms with Crippen molar-refractivity contribution < 1.29 is 0 Å². The minimum Gasteiger partial charge on any atom is -0.375 e. The summed E-state index contributed by atoms with van der Waals surface area (Å²) in [4.78, 5) is 0. The predicted octanol–water partition coefficient (Wildman–Crippen LogP) is 2.13. The normalized spacial score (nSPS) is 38.3. The Morgan fingerprint density at radius 1 is 1.21 bits per heavy atom. The van der Waals surface area contributed by atoms with Crippen molar-refractivity contribution in [1.29, 1.82) is 0 Å². The summed E-state index contributed by atoms with van der Waals surface area (Å²) in [5.41, 5.74) is 10.7. The Balaban J connectivity index is 1.69. The van der Waals surface area contributed by atoms with Crippen LogP contribution in [0.4, 0.5) is 0 Å². The lowest BCUT2D eigenvalue weighted by Crippen LogP contribution is -2.29.